The highest BCUT2D eigenvalue weighted by atomic mass is 19.4. The summed E-state index contributed by atoms with van der Waals surface area (Å²) >= 11 is 0. The van der Waals surface area contributed by atoms with Crippen LogP contribution >= 0.6 is 0 Å². The Morgan fingerprint density at radius 3 is 2.31 bits per heavy atom. The quantitative estimate of drug-likeness (QED) is 0.427. The number of benzene rings is 3. The van der Waals surface area contributed by atoms with Crippen LogP contribution in [0.15, 0.2) is 60.7 Å². The van der Waals surface area contributed by atoms with Gasteiger partial charge in [0, 0.05) is 17.5 Å². The van der Waals surface area contributed by atoms with Crippen LogP contribution in [0.3, 0.4) is 0 Å². The molecule has 0 radical (unpaired) electrons. The second-order valence-electron chi connectivity index (χ2n) is 8.36. The van der Waals surface area contributed by atoms with Crippen molar-refractivity contribution in [1.82, 2.24) is 10.9 Å². The molecule has 1 aliphatic heterocycles. The molecular weight excluding hydrogens is 461 g/mol. The second kappa shape index (κ2) is 10.1. The van der Waals surface area contributed by atoms with Gasteiger partial charge in [-0.2, -0.15) is 13.2 Å². The number of halogens is 3. The maximum absolute atomic E-state index is 13.9. The second-order valence-corrected chi connectivity index (χ2v) is 8.36. The van der Waals surface area contributed by atoms with E-state index in [9.17, 15) is 18.3 Å². The standard InChI is InChI=1S/C26H27F3N2O4/c1-15-6-4-5-7-17(15)14-35-18-9-10-19(20(32)13-18)24-23(25(31-30-24)26(27,28)29)16-8-11-21(33-2)22(12-16)34-3/h4-13,23-25,30-32H,14H2,1-3H3. The smallest absolute Gasteiger partial charge is 0.405 e. The molecule has 9 heteroatoms. The van der Waals surface area contributed by atoms with Crippen LogP contribution in [-0.2, 0) is 6.61 Å². The summed E-state index contributed by atoms with van der Waals surface area (Å²) in [6.45, 7) is 2.28. The van der Waals surface area contributed by atoms with Gasteiger partial charge in [0.2, 0.25) is 0 Å². The van der Waals surface area contributed by atoms with Crippen molar-refractivity contribution >= 4 is 0 Å². The molecule has 0 saturated carbocycles. The number of hydrogen-bond donors (Lipinski definition) is 3. The first kappa shape index (κ1) is 24.7. The third-order valence-corrected chi connectivity index (χ3v) is 6.25. The molecule has 1 saturated heterocycles. The predicted molar refractivity (Wildman–Crippen MR) is 125 cm³/mol. The summed E-state index contributed by atoms with van der Waals surface area (Å²) in [6, 6.07) is 14.3. The molecule has 186 valence electrons. The number of hydrogen-bond acceptors (Lipinski definition) is 6. The molecule has 4 rings (SSSR count). The first-order chi connectivity index (χ1) is 16.7. The van der Waals surface area contributed by atoms with Gasteiger partial charge >= 0.3 is 6.18 Å². The zero-order chi connectivity index (χ0) is 25.2. The number of phenolic OH excluding ortho intramolecular Hbond substituents is 1. The number of hydrazine groups is 1. The highest BCUT2D eigenvalue weighted by molar-refractivity contribution is 5.48. The van der Waals surface area contributed by atoms with Crippen molar-refractivity contribution in [2.75, 3.05) is 14.2 Å². The molecule has 0 amide bonds. The van der Waals surface area contributed by atoms with Crippen molar-refractivity contribution in [1.29, 1.82) is 0 Å². The third kappa shape index (κ3) is 5.16. The van der Waals surface area contributed by atoms with Crippen LogP contribution in [0.4, 0.5) is 13.2 Å². The molecule has 3 aromatic carbocycles. The number of nitrogens with one attached hydrogen (secondary N) is 2. The molecule has 0 bridgehead atoms. The number of alkyl halides is 3. The fourth-order valence-corrected chi connectivity index (χ4v) is 4.36. The monoisotopic (exact) mass is 488 g/mol. The molecule has 0 spiro atoms. The summed E-state index contributed by atoms with van der Waals surface area (Å²) < 4.78 is 58.1. The van der Waals surface area contributed by atoms with Gasteiger partial charge in [0.15, 0.2) is 11.5 Å². The van der Waals surface area contributed by atoms with E-state index < -0.39 is 24.2 Å². The van der Waals surface area contributed by atoms with E-state index in [0.717, 1.165) is 11.1 Å². The molecule has 0 aliphatic carbocycles. The van der Waals surface area contributed by atoms with Gasteiger partial charge < -0.3 is 19.3 Å². The zero-order valence-corrected chi connectivity index (χ0v) is 19.5. The van der Waals surface area contributed by atoms with Gasteiger partial charge in [0.25, 0.3) is 0 Å². The predicted octanol–water partition coefficient (Wildman–Crippen LogP) is 5.16. The highest BCUT2D eigenvalue weighted by Crippen LogP contribution is 2.47. The minimum absolute atomic E-state index is 0.167. The first-order valence-corrected chi connectivity index (χ1v) is 11.0. The largest absolute Gasteiger partial charge is 0.507 e. The lowest BCUT2D eigenvalue weighted by Gasteiger charge is -2.26. The van der Waals surface area contributed by atoms with E-state index in [1.165, 1.54) is 26.4 Å². The fraction of sp³-hybridized carbons (Fsp3) is 0.308. The minimum atomic E-state index is -4.54. The van der Waals surface area contributed by atoms with E-state index in [1.807, 2.05) is 31.2 Å². The topological polar surface area (TPSA) is 72.0 Å². The summed E-state index contributed by atoms with van der Waals surface area (Å²) in [7, 11) is 2.88. The molecule has 3 unspecified atom stereocenters. The van der Waals surface area contributed by atoms with Gasteiger partial charge in [-0.05, 0) is 41.8 Å². The Balaban J connectivity index is 1.63. The number of aromatic hydroxyl groups is 1. The van der Waals surface area contributed by atoms with E-state index in [0.29, 0.717) is 35.0 Å². The lowest BCUT2D eigenvalue weighted by atomic mass is 9.83. The van der Waals surface area contributed by atoms with Gasteiger partial charge in [0.05, 0.1) is 20.3 Å². The molecule has 6 nitrogen and oxygen atoms in total. The van der Waals surface area contributed by atoms with Crippen molar-refractivity contribution in [2.24, 2.45) is 0 Å². The lowest BCUT2D eigenvalue weighted by molar-refractivity contribution is -0.156. The van der Waals surface area contributed by atoms with Gasteiger partial charge in [-0.25, -0.2) is 10.9 Å². The average molecular weight is 489 g/mol. The maximum Gasteiger partial charge on any atom is 0.405 e. The van der Waals surface area contributed by atoms with Gasteiger partial charge in [-0.3, -0.25) is 0 Å². The summed E-state index contributed by atoms with van der Waals surface area (Å²) in [5, 5.41) is 10.8. The maximum atomic E-state index is 13.9. The zero-order valence-electron chi connectivity index (χ0n) is 19.5. The van der Waals surface area contributed by atoms with Crippen molar-refractivity contribution in [2.45, 2.75) is 37.7 Å². The first-order valence-electron chi connectivity index (χ1n) is 11.0. The van der Waals surface area contributed by atoms with Crippen LogP contribution < -0.4 is 25.1 Å². The minimum Gasteiger partial charge on any atom is -0.507 e. The van der Waals surface area contributed by atoms with E-state index in [-0.39, 0.29) is 5.75 Å². The summed E-state index contributed by atoms with van der Waals surface area (Å²) in [4.78, 5) is 0. The van der Waals surface area contributed by atoms with Crippen LogP contribution in [0.25, 0.3) is 0 Å². The Labute approximate surface area is 201 Å². The van der Waals surface area contributed by atoms with E-state index in [2.05, 4.69) is 10.9 Å². The number of methoxy groups -OCH3 is 2. The van der Waals surface area contributed by atoms with Crippen LogP contribution in [0.1, 0.15) is 34.2 Å². The van der Waals surface area contributed by atoms with Crippen molar-refractivity contribution < 1.29 is 32.5 Å². The Morgan fingerprint density at radius 2 is 1.66 bits per heavy atom. The molecule has 3 aromatic rings. The summed E-state index contributed by atoms with van der Waals surface area (Å²) in [5.41, 5.74) is 7.86. The van der Waals surface area contributed by atoms with E-state index in [4.69, 9.17) is 14.2 Å². The lowest BCUT2D eigenvalue weighted by Crippen LogP contribution is -2.43. The van der Waals surface area contributed by atoms with Crippen molar-refractivity contribution in [3.8, 4) is 23.0 Å². The fourth-order valence-electron chi connectivity index (χ4n) is 4.36. The molecule has 1 heterocycles. The Bertz CT molecular complexity index is 1190. The Kier molecular flexibility index (Phi) is 7.09. The molecular formula is C26H27F3N2O4. The van der Waals surface area contributed by atoms with Gasteiger partial charge in [-0.15, -0.1) is 0 Å². The number of phenols is 1. The van der Waals surface area contributed by atoms with E-state index >= 15 is 0 Å². The average Bonchev–Trinajstić information content (AvgIpc) is 3.28. The van der Waals surface area contributed by atoms with Crippen LogP contribution in [-0.4, -0.2) is 31.5 Å². The van der Waals surface area contributed by atoms with Crippen LogP contribution in [0.5, 0.6) is 23.0 Å². The number of rotatable bonds is 7. The number of ether oxygens (including phenoxy) is 3. The molecule has 0 aromatic heterocycles. The van der Waals surface area contributed by atoms with Crippen LogP contribution in [0, 0.1) is 6.92 Å². The van der Waals surface area contributed by atoms with Crippen molar-refractivity contribution in [3.63, 3.8) is 0 Å². The highest BCUT2D eigenvalue weighted by Gasteiger charge is 2.52. The number of aryl methyl sites for hydroxylation is 1. The van der Waals surface area contributed by atoms with E-state index in [1.54, 1.807) is 24.3 Å². The molecule has 35 heavy (non-hydrogen) atoms. The van der Waals surface area contributed by atoms with Crippen molar-refractivity contribution in [3.05, 3.63) is 82.9 Å². The Morgan fingerprint density at radius 1 is 0.914 bits per heavy atom. The normalized spacial score (nSPS) is 20.0. The Hall–Kier alpha value is -3.43. The van der Waals surface area contributed by atoms with Gasteiger partial charge in [0.1, 0.15) is 24.1 Å². The molecule has 1 fully saturated rings. The summed E-state index contributed by atoms with van der Waals surface area (Å²) in [5.74, 6) is -0.108. The molecule has 3 N–H and O–H groups in total. The SMILES string of the molecule is COc1ccc(C2C(c3ccc(OCc4ccccc4C)cc3O)NNC2C(F)(F)F)cc1OC. The van der Waals surface area contributed by atoms with Gasteiger partial charge in [-0.1, -0.05) is 36.4 Å². The third-order valence-electron chi connectivity index (χ3n) is 6.25. The summed E-state index contributed by atoms with van der Waals surface area (Å²) in [6.07, 6.45) is -4.54. The molecule has 3 atom stereocenters. The molecule has 1 aliphatic rings. The van der Waals surface area contributed by atoms with Crippen LogP contribution in [0.2, 0.25) is 0 Å².